The summed E-state index contributed by atoms with van der Waals surface area (Å²) in [6.07, 6.45) is 6.56. The van der Waals surface area contributed by atoms with Crippen molar-refractivity contribution in [2.24, 2.45) is 58.2 Å². The van der Waals surface area contributed by atoms with Gasteiger partial charge in [-0.05, 0) is 67.1 Å². The zero-order chi connectivity index (χ0) is 27.3. The van der Waals surface area contributed by atoms with Crippen LogP contribution in [0.5, 0.6) is 5.75 Å². The van der Waals surface area contributed by atoms with Gasteiger partial charge >= 0.3 is 0 Å². The first kappa shape index (κ1) is 25.6. The minimum Gasteiger partial charge on any atom is -0.490 e. The Bertz CT molecular complexity index is 1250. The number of Topliss-reactive ketones (excluding diaryl/α,β-unsaturated/α-hetero) is 1. The molecule has 3 aliphatic carbocycles. The third-order valence-electron chi connectivity index (χ3n) is 11.2. The van der Waals surface area contributed by atoms with E-state index in [-0.39, 0.29) is 46.9 Å². The van der Waals surface area contributed by atoms with Crippen molar-refractivity contribution in [1.29, 1.82) is 0 Å². The Kier molecular flexibility index (Phi) is 5.66. The van der Waals surface area contributed by atoms with Crippen LogP contribution in [-0.2, 0) is 20.8 Å². The summed E-state index contributed by atoms with van der Waals surface area (Å²) < 4.78 is 6.98. The number of fused-ring (bicyclic) bond motifs is 4. The van der Waals surface area contributed by atoms with Crippen molar-refractivity contribution in [3.8, 4) is 5.75 Å². The molecule has 1 saturated heterocycles. The van der Waals surface area contributed by atoms with Crippen LogP contribution in [0.1, 0.15) is 53.0 Å². The highest BCUT2D eigenvalue weighted by Gasteiger charge is 2.68. The number of hydrogen-bond acceptors (Lipinski definition) is 4. The predicted octanol–water partition coefficient (Wildman–Crippen LogP) is 5.49. The first-order valence-corrected chi connectivity index (χ1v) is 14.3. The van der Waals surface area contributed by atoms with E-state index in [2.05, 4.69) is 47.3 Å². The summed E-state index contributed by atoms with van der Waals surface area (Å²) in [5, 5.41) is 0. The quantitative estimate of drug-likeness (QED) is 0.282. The van der Waals surface area contributed by atoms with E-state index in [0.717, 1.165) is 24.2 Å². The fourth-order valence-electron chi connectivity index (χ4n) is 10.1. The van der Waals surface area contributed by atoms with Gasteiger partial charge < -0.3 is 4.74 Å². The average Bonchev–Trinajstić information content (AvgIpc) is 3.22. The van der Waals surface area contributed by atoms with Gasteiger partial charge in [-0.25, -0.2) is 0 Å². The molecule has 3 fully saturated rings. The van der Waals surface area contributed by atoms with Gasteiger partial charge in [0.25, 0.3) is 0 Å². The standard InChI is InChI=1S/C33H41NO4/c1-8-32(5)16-19(4)25-24-27(32)28(35)23-22(30(36)34(7)31(23)37)14-20-9-11-21(12-10-20)38-29(24)26-18(3)13-17(2)15-33(25,26)6/h8-12,16-18,22-27,29H,1,13-15H2,2-7H3. The summed E-state index contributed by atoms with van der Waals surface area (Å²) in [6.45, 7) is 15.6. The summed E-state index contributed by atoms with van der Waals surface area (Å²) in [5.41, 5.74) is 1.57. The van der Waals surface area contributed by atoms with Crippen molar-refractivity contribution in [2.75, 3.05) is 7.05 Å². The van der Waals surface area contributed by atoms with E-state index >= 15 is 0 Å². The molecule has 5 nitrogen and oxygen atoms in total. The van der Waals surface area contributed by atoms with Crippen LogP contribution in [0.25, 0.3) is 0 Å². The molecule has 3 heterocycles. The first-order chi connectivity index (χ1) is 17.9. The van der Waals surface area contributed by atoms with Crippen LogP contribution >= 0.6 is 0 Å². The molecule has 6 aliphatic rings. The van der Waals surface area contributed by atoms with Crippen LogP contribution in [0, 0.1) is 58.2 Å². The number of rotatable bonds is 1. The Morgan fingerprint density at radius 3 is 2.39 bits per heavy atom. The smallest absolute Gasteiger partial charge is 0.240 e. The summed E-state index contributed by atoms with van der Waals surface area (Å²) in [6, 6.07) is 7.99. The van der Waals surface area contributed by atoms with Crippen LogP contribution in [0.4, 0.5) is 0 Å². The van der Waals surface area contributed by atoms with Gasteiger partial charge in [-0.15, -0.1) is 6.58 Å². The molecule has 38 heavy (non-hydrogen) atoms. The number of hydrogen-bond donors (Lipinski definition) is 0. The van der Waals surface area contributed by atoms with E-state index in [1.807, 2.05) is 30.3 Å². The van der Waals surface area contributed by atoms with E-state index in [0.29, 0.717) is 18.3 Å². The minimum atomic E-state index is -0.976. The summed E-state index contributed by atoms with van der Waals surface area (Å²) >= 11 is 0. The topological polar surface area (TPSA) is 63.7 Å². The molecule has 11 atom stereocenters. The van der Waals surface area contributed by atoms with Crippen molar-refractivity contribution >= 4 is 17.6 Å². The van der Waals surface area contributed by atoms with Crippen LogP contribution in [0.3, 0.4) is 0 Å². The Morgan fingerprint density at radius 1 is 1.05 bits per heavy atom. The second-order valence-corrected chi connectivity index (χ2v) is 13.7. The number of ether oxygens (including phenoxy) is 1. The molecular formula is C33H41NO4. The van der Waals surface area contributed by atoms with Gasteiger partial charge in [0.1, 0.15) is 17.8 Å². The number of carbonyl (C=O) groups excluding carboxylic acids is 3. The number of imide groups is 1. The van der Waals surface area contributed by atoms with Crippen LogP contribution in [0.15, 0.2) is 48.6 Å². The van der Waals surface area contributed by atoms with E-state index in [1.54, 1.807) is 0 Å². The normalized spacial score (nSPS) is 45.8. The molecule has 5 heteroatoms. The lowest BCUT2D eigenvalue weighted by Gasteiger charge is -2.50. The number of nitrogens with zero attached hydrogens (tertiary/aromatic N) is 1. The molecule has 1 aromatic carbocycles. The summed E-state index contributed by atoms with van der Waals surface area (Å²) in [4.78, 5) is 42.9. The van der Waals surface area contributed by atoms with Crippen molar-refractivity contribution < 1.29 is 19.1 Å². The molecule has 2 saturated carbocycles. The lowest BCUT2D eigenvalue weighted by atomic mass is 9.53. The number of amides is 2. The Balaban J connectivity index is 1.61. The van der Waals surface area contributed by atoms with E-state index in [9.17, 15) is 14.4 Å². The fraction of sp³-hybridized carbons (Fsp3) is 0.606. The van der Waals surface area contributed by atoms with Crippen molar-refractivity contribution in [3.05, 3.63) is 54.1 Å². The number of benzene rings is 1. The van der Waals surface area contributed by atoms with Crippen molar-refractivity contribution in [3.63, 3.8) is 0 Å². The Hall–Kier alpha value is -2.69. The first-order valence-electron chi connectivity index (χ1n) is 14.3. The minimum absolute atomic E-state index is 0.0279. The molecule has 1 aromatic rings. The molecule has 11 unspecified atom stereocenters. The molecule has 2 bridgehead atoms. The van der Waals surface area contributed by atoms with Crippen molar-refractivity contribution in [1.82, 2.24) is 4.90 Å². The zero-order valence-corrected chi connectivity index (χ0v) is 23.6. The second kappa shape index (κ2) is 8.40. The average molecular weight is 516 g/mol. The van der Waals surface area contributed by atoms with Gasteiger partial charge in [0.15, 0.2) is 5.78 Å². The molecule has 0 N–H and O–H groups in total. The highest BCUT2D eigenvalue weighted by atomic mass is 16.5. The number of ketones is 1. The predicted molar refractivity (Wildman–Crippen MR) is 146 cm³/mol. The molecule has 3 aliphatic heterocycles. The second-order valence-electron chi connectivity index (χ2n) is 13.7. The monoisotopic (exact) mass is 515 g/mol. The van der Waals surface area contributed by atoms with Gasteiger partial charge in [0.2, 0.25) is 11.8 Å². The zero-order valence-electron chi connectivity index (χ0n) is 23.6. The van der Waals surface area contributed by atoms with Crippen LogP contribution < -0.4 is 4.74 Å². The third kappa shape index (κ3) is 3.32. The fourth-order valence-corrected chi connectivity index (χ4v) is 10.1. The van der Waals surface area contributed by atoms with Gasteiger partial charge in [-0.3, -0.25) is 19.3 Å². The van der Waals surface area contributed by atoms with E-state index in [1.165, 1.54) is 17.5 Å². The molecule has 2 amide bonds. The van der Waals surface area contributed by atoms with Crippen LogP contribution in [-0.4, -0.2) is 35.6 Å². The van der Waals surface area contributed by atoms with E-state index in [4.69, 9.17) is 4.74 Å². The lowest BCUT2D eigenvalue weighted by Crippen LogP contribution is -2.51. The lowest BCUT2D eigenvalue weighted by molar-refractivity contribution is -0.143. The highest BCUT2D eigenvalue weighted by Crippen LogP contribution is 2.68. The maximum absolute atomic E-state index is 14.9. The van der Waals surface area contributed by atoms with Crippen molar-refractivity contribution in [2.45, 2.75) is 60.0 Å². The molecular weight excluding hydrogens is 474 g/mol. The maximum Gasteiger partial charge on any atom is 0.240 e. The van der Waals surface area contributed by atoms with Gasteiger partial charge in [-0.1, -0.05) is 57.6 Å². The summed E-state index contributed by atoms with van der Waals surface area (Å²) in [5.74, 6) is -0.685. The molecule has 202 valence electrons. The maximum atomic E-state index is 14.9. The molecule has 7 rings (SSSR count). The Labute approximate surface area is 226 Å². The third-order valence-corrected chi connectivity index (χ3v) is 11.2. The highest BCUT2D eigenvalue weighted by molar-refractivity contribution is 6.16. The molecule has 0 spiro atoms. The largest absolute Gasteiger partial charge is 0.490 e. The van der Waals surface area contributed by atoms with E-state index < -0.39 is 23.2 Å². The molecule has 0 aromatic heterocycles. The SMILES string of the molecule is C=CC1(C)C=C(C)C2C3C(Oc4ccc(cc4)CC4C(=O)N(C)C(=O)C4C(=O)C31)C1C(C)CC(C)CC21C. The number of carbonyl (C=O) groups is 3. The number of likely N-dealkylation sites (tertiary alicyclic amines) is 1. The number of allylic oxidation sites excluding steroid dienone is 3. The Morgan fingerprint density at radius 2 is 1.74 bits per heavy atom. The van der Waals surface area contributed by atoms with Gasteiger partial charge in [-0.2, -0.15) is 0 Å². The van der Waals surface area contributed by atoms with Gasteiger partial charge in [0, 0.05) is 30.2 Å². The van der Waals surface area contributed by atoms with Gasteiger partial charge in [0.05, 0.1) is 5.92 Å². The summed E-state index contributed by atoms with van der Waals surface area (Å²) in [7, 11) is 1.52. The van der Waals surface area contributed by atoms with Crippen LogP contribution in [0.2, 0.25) is 0 Å². The molecule has 0 radical (unpaired) electrons.